The summed E-state index contributed by atoms with van der Waals surface area (Å²) in [6.07, 6.45) is 51.3. The van der Waals surface area contributed by atoms with E-state index >= 15 is 0 Å². The van der Waals surface area contributed by atoms with Crippen LogP contribution in [0.3, 0.4) is 0 Å². The number of carbonyl (C=O) groups excluding carboxylic acids is 3. The molecule has 0 amide bonds. The Labute approximate surface area is 346 Å². The molecule has 0 aliphatic heterocycles. The van der Waals surface area contributed by atoms with Gasteiger partial charge in [0.2, 0.25) is 0 Å². The van der Waals surface area contributed by atoms with Gasteiger partial charge >= 0.3 is 17.9 Å². The van der Waals surface area contributed by atoms with Crippen LogP contribution in [-0.2, 0) is 28.6 Å². The minimum absolute atomic E-state index is 0.0826. The van der Waals surface area contributed by atoms with E-state index in [2.05, 4.69) is 57.2 Å². The highest BCUT2D eigenvalue weighted by atomic mass is 16.6. The lowest BCUT2D eigenvalue weighted by molar-refractivity contribution is -0.167. The Morgan fingerprint density at radius 3 is 0.982 bits per heavy atom. The van der Waals surface area contributed by atoms with Gasteiger partial charge in [0, 0.05) is 19.3 Å². The van der Waals surface area contributed by atoms with Crippen molar-refractivity contribution in [1.82, 2.24) is 0 Å². The van der Waals surface area contributed by atoms with Crippen molar-refractivity contribution in [3.63, 3.8) is 0 Å². The number of unbranched alkanes of at least 4 members (excludes halogenated alkanes) is 26. The summed E-state index contributed by atoms with van der Waals surface area (Å²) in [5, 5.41) is 0. The van der Waals surface area contributed by atoms with Crippen molar-refractivity contribution in [3.8, 4) is 0 Å². The zero-order valence-electron chi connectivity index (χ0n) is 37.2. The lowest BCUT2D eigenvalue weighted by atomic mass is 10.1. The number of ether oxygens (including phenoxy) is 3. The molecule has 0 radical (unpaired) electrons. The van der Waals surface area contributed by atoms with E-state index in [0.717, 1.165) is 96.3 Å². The van der Waals surface area contributed by atoms with Crippen LogP contribution in [0.5, 0.6) is 0 Å². The largest absolute Gasteiger partial charge is 0.462 e. The van der Waals surface area contributed by atoms with Gasteiger partial charge in [0.25, 0.3) is 0 Å². The molecule has 0 saturated heterocycles. The van der Waals surface area contributed by atoms with Crippen molar-refractivity contribution in [3.05, 3.63) is 36.5 Å². The lowest BCUT2D eigenvalue weighted by Crippen LogP contribution is -2.30. The van der Waals surface area contributed by atoms with Gasteiger partial charge in [-0.1, -0.05) is 173 Å². The van der Waals surface area contributed by atoms with Crippen LogP contribution in [0, 0.1) is 0 Å². The SMILES string of the molecule is CCCC/C=C\CCCCCCC(=O)OCC(COC(=O)CCCCCCC/C=C\CCCCCCCCC)OC(=O)CCCCCCC/C=C\CCCCC. The predicted molar refractivity (Wildman–Crippen MR) is 238 cm³/mol. The molecule has 0 fully saturated rings. The zero-order chi connectivity index (χ0) is 40.8. The third kappa shape index (κ3) is 42.8. The molecule has 1 unspecified atom stereocenters. The van der Waals surface area contributed by atoms with Crippen LogP contribution in [0.25, 0.3) is 0 Å². The molecule has 0 aliphatic carbocycles. The number of carbonyl (C=O) groups is 3. The number of esters is 3. The fraction of sp³-hybridized carbons (Fsp3) is 0.820. The smallest absolute Gasteiger partial charge is 0.306 e. The first-order valence-corrected chi connectivity index (χ1v) is 24.0. The molecule has 326 valence electrons. The number of rotatable bonds is 43. The van der Waals surface area contributed by atoms with Crippen LogP contribution in [0.2, 0.25) is 0 Å². The average molecular weight is 787 g/mol. The minimum atomic E-state index is -0.780. The second kappa shape index (κ2) is 45.3. The molecule has 56 heavy (non-hydrogen) atoms. The van der Waals surface area contributed by atoms with Gasteiger partial charge in [0.05, 0.1) is 0 Å². The molecule has 0 aromatic carbocycles. The zero-order valence-corrected chi connectivity index (χ0v) is 37.2. The Hall–Kier alpha value is -2.37. The van der Waals surface area contributed by atoms with Crippen molar-refractivity contribution in [2.24, 2.45) is 0 Å². The molecule has 0 N–H and O–H groups in total. The van der Waals surface area contributed by atoms with E-state index in [1.807, 2.05) is 0 Å². The minimum Gasteiger partial charge on any atom is -0.462 e. The molecular formula is C50H90O6. The van der Waals surface area contributed by atoms with Gasteiger partial charge in [0.15, 0.2) is 6.10 Å². The summed E-state index contributed by atoms with van der Waals surface area (Å²) in [5.41, 5.74) is 0. The van der Waals surface area contributed by atoms with Gasteiger partial charge in [-0.25, -0.2) is 0 Å². The van der Waals surface area contributed by atoms with E-state index in [1.54, 1.807) is 0 Å². The van der Waals surface area contributed by atoms with Gasteiger partial charge in [-0.15, -0.1) is 0 Å². The summed E-state index contributed by atoms with van der Waals surface area (Å²) < 4.78 is 16.7. The molecule has 1 atom stereocenters. The summed E-state index contributed by atoms with van der Waals surface area (Å²) in [7, 11) is 0. The van der Waals surface area contributed by atoms with Crippen molar-refractivity contribution in [1.29, 1.82) is 0 Å². The van der Waals surface area contributed by atoms with Gasteiger partial charge in [-0.3, -0.25) is 14.4 Å². The third-order valence-corrected chi connectivity index (χ3v) is 10.3. The van der Waals surface area contributed by atoms with E-state index in [-0.39, 0.29) is 31.1 Å². The first-order chi connectivity index (χ1) is 27.5. The summed E-state index contributed by atoms with van der Waals surface area (Å²) in [6.45, 7) is 6.54. The molecule has 0 bridgehead atoms. The highest BCUT2D eigenvalue weighted by Gasteiger charge is 2.19. The topological polar surface area (TPSA) is 78.9 Å². The Morgan fingerprint density at radius 1 is 0.339 bits per heavy atom. The lowest BCUT2D eigenvalue weighted by Gasteiger charge is -2.18. The van der Waals surface area contributed by atoms with Gasteiger partial charge in [0.1, 0.15) is 13.2 Å². The summed E-state index contributed by atoms with van der Waals surface area (Å²) in [6, 6.07) is 0. The van der Waals surface area contributed by atoms with E-state index < -0.39 is 6.10 Å². The summed E-state index contributed by atoms with van der Waals surface area (Å²) >= 11 is 0. The van der Waals surface area contributed by atoms with Gasteiger partial charge in [-0.05, 0) is 89.9 Å². The maximum absolute atomic E-state index is 12.7. The molecule has 0 aromatic heterocycles. The van der Waals surface area contributed by atoms with Gasteiger partial charge < -0.3 is 14.2 Å². The first kappa shape index (κ1) is 53.6. The summed E-state index contributed by atoms with van der Waals surface area (Å²) in [5.74, 6) is -0.911. The Kier molecular flexibility index (Phi) is 43.4. The third-order valence-electron chi connectivity index (χ3n) is 10.3. The molecule has 0 saturated carbocycles. The molecule has 0 spiro atoms. The Bertz CT molecular complexity index is 953. The van der Waals surface area contributed by atoms with Crippen molar-refractivity contribution >= 4 is 17.9 Å². The second-order valence-corrected chi connectivity index (χ2v) is 16.0. The average Bonchev–Trinajstić information content (AvgIpc) is 3.19. The normalized spacial score (nSPS) is 12.3. The van der Waals surface area contributed by atoms with Crippen LogP contribution in [0.15, 0.2) is 36.5 Å². The van der Waals surface area contributed by atoms with Crippen LogP contribution in [0.4, 0.5) is 0 Å². The number of hydrogen-bond acceptors (Lipinski definition) is 6. The molecule has 6 heteroatoms. The number of hydrogen-bond donors (Lipinski definition) is 0. The van der Waals surface area contributed by atoms with E-state index in [9.17, 15) is 14.4 Å². The van der Waals surface area contributed by atoms with Crippen LogP contribution in [-0.4, -0.2) is 37.2 Å². The molecule has 0 aromatic rings. The standard InChI is InChI=1S/C50H90O6/c1-4-7-10-13-16-19-22-24-25-26-27-29-31-34-37-40-43-49(52)55-46-47(45-54-48(51)42-39-36-33-30-21-18-15-12-9-6-3)56-50(53)44-41-38-35-32-28-23-20-17-14-11-8-5-2/h15,17-18,20,25-26,47H,4-14,16,19,21-24,27-46H2,1-3H3/b18-15-,20-17-,26-25-. The molecular weight excluding hydrogens is 697 g/mol. The maximum Gasteiger partial charge on any atom is 0.306 e. The van der Waals surface area contributed by atoms with Crippen molar-refractivity contribution in [2.45, 2.75) is 252 Å². The van der Waals surface area contributed by atoms with Crippen molar-refractivity contribution < 1.29 is 28.6 Å². The predicted octanol–water partition coefficient (Wildman–Crippen LogP) is 15.4. The van der Waals surface area contributed by atoms with Crippen LogP contribution in [0.1, 0.15) is 245 Å². The molecule has 0 rings (SSSR count). The molecule has 0 aliphatic rings. The van der Waals surface area contributed by atoms with E-state index in [1.165, 1.54) is 109 Å². The van der Waals surface area contributed by atoms with Crippen molar-refractivity contribution in [2.75, 3.05) is 13.2 Å². The fourth-order valence-electron chi connectivity index (χ4n) is 6.65. The summed E-state index contributed by atoms with van der Waals surface area (Å²) in [4.78, 5) is 37.7. The van der Waals surface area contributed by atoms with Crippen LogP contribution >= 0.6 is 0 Å². The van der Waals surface area contributed by atoms with Gasteiger partial charge in [-0.2, -0.15) is 0 Å². The quantitative estimate of drug-likeness (QED) is 0.0265. The first-order valence-electron chi connectivity index (χ1n) is 24.0. The van der Waals surface area contributed by atoms with E-state index in [4.69, 9.17) is 14.2 Å². The highest BCUT2D eigenvalue weighted by Crippen LogP contribution is 2.14. The number of allylic oxidation sites excluding steroid dienone is 6. The molecule has 0 heterocycles. The molecule has 6 nitrogen and oxygen atoms in total. The monoisotopic (exact) mass is 787 g/mol. The Balaban J connectivity index is 4.36. The highest BCUT2D eigenvalue weighted by molar-refractivity contribution is 5.71. The second-order valence-electron chi connectivity index (χ2n) is 16.0. The maximum atomic E-state index is 12.7. The fourth-order valence-corrected chi connectivity index (χ4v) is 6.65. The van der Waals surface area contributed by atoms with E-state index in [0.29, 0.717) is 19.3 Å². The van der Waals surface area contributed by atoms with Crippen LogP contribution < -0.4 is 0 Å². The Morgan fingerprint density at radius 2 is 0.607 bits per heavy atom.